The summed E-state index contributed by atoms with van der Waals surface area (Å²) in [6.45, 7) is 8.06. The molecule has 2 unspecified atom stereocenters. The first kappa shape index (κ1) is 14.1. The van der Waals surface area contributed by atoms with Crippen molar-refractivity contribution in [3.8, 4) is 0 Å². The maximum atomic E-state index is 3.82. The monoisotopic (exact) mass is 265 g/mol. The highest BCUT2D eigenvalue weighted by Gasteiger charge is 2.26. The summed E-state index contributed by atoms with van der Waals surface area (Å²) in [5.74, 6) is 1.70. The summed E-state index contributed by atoms with van der Waals surface area (Å²) in [6, 6.07) is 5.32. The molecule has 1 aromatic rings. The van der Waals surface area contributed by atoms with Crippen molar-refractivity contribution >= 4 is 11.3 Å². The summed E-state index contributed by atoms with van der Waals surface area (Å²) in [4.78, 5) is 3.01. The van der Waals surface area contributed by atoms with Crippen molar-refractivity contribution in [1.29, 1.82) is 0 Å². The number of aryl methyl sites for hydroxylation is 1. The Labute approximate surface area is 116 Å². The van der Waals surface area contributed by atoms with E-state index in [4.69, 9.17) is 0 Å². The summed E-state index contributed by atoms with van der Waals surface area (Å²) in [5.41, 5.74) is 0. The van der Waals surface area contributed by atoms with Crippen molar-refractivity contribution in [2.45, 2.75) is 65.5 Å². The average molecular weight is 265 g/mol. The molecular formula is C16H27NS. The van der Waals surface area contributed by atoms with E-state index in [0.29, 0.717) is 0 Å². The summed E-state index contributed by atoms with van der Waals surface area (Å²) < 4.78 is 0. The Morgan fingerprint density at radius 3 is 2.61 bits per heavy atom. The minimum Gasteiger partial charge on any atom is -0.309 e. The molecule has 1 N–H and O–H groups in total. The third-order valence-electron chi connectivity index (χ3n) is 4.28. The second-order valence-electron chi connectivity index (χ2n) is 5.90. The third-order valence-corrected chi connectivity index (χ3v) is 5.51. The molecule has 2 heteroatoms. The lowest BCUT2D eigenvalue weighted by Crippen LogP contribution is -2.40. The predicted octanol–water partition coefficient (Wildman–Crippen LogP) is 4.61. The van der Waals surface area contributed by atoms with Crippen LogP contribution in [0.3, 0.4) is 0 Å². The van der Waals surface area contributed by atoms with Gasteiger partial charge in [-0.2, -0.15) is 0 Å². The molecule has 1 fully saturated rings. The van der Waals surface area contributed by atoms with Gasteiger partial charge in [0.05, 0.1) is 0 Å². The van der Waals surface area contributed by atoms with Gasteiger partial charge in [-0.1, -0.05) is 33.6 Å². The Bertz CT molecular complexity index is 356. The fourth-order valence-corrected chi connectivity index (χ4v) is 4.06. The second-order valence-corrected chi connectivity index (χ2v) is 7.15. The van der Waals surface area contributed by atoms with E-state index >= 15 is 0 Å². The Hall–Kier alpha value is -0.340. The van der Waals surface area contributed by atoms with Gasteiger partial charge < -0.3 is 5.32 Å². The molecular weight excluding hydrogens is 238 g/mol. The van der Waals surface area contributed by atoms with Crippen LogP contribution in [-0.2, 0) is 13.0 Å². The van der Waals surface area contributed by atoms with E-state index in [-0.39, 0.29) is 0 Å². The summed E-state index contributed by atoms with van der Waals surface area (Å²) >= 11 is 1.97. The smallest absolute Gasteiger partial charge is 0.0302 e. The molecule has 2 rings (SSSR count). The zero-order valence-electron chi connectivity index (χ0n) is 12.0. The quantitative estimate of drug-likeness (QED) is 0.819. The molecule has 1 aliphatic rings. The molecule has 102 valence electrons. The Kier molecular flexibility index (Phi) is 5.25. The average Bonchev–Trinajstić information content (AvgIpc) is 2.84. The van der Waals surface area contributed by atoms with Crippen LogP contribution in [0.2, 0.25) is 0 Å². The molecule has 1 aromatic heterocycles. The minimum absolute atomic E-state index is 0.742. The van der Waals surface area contributed by atoms with Gasteiger partial charge in [-0.3, -0.25) is 0 Å². The number of hydrogen-bond acceptors (Lipinski definition) is 2. The van der Waals surface area contributed by atoms with Crippen LogP contribution in [0.1, 0.15) is 56.2 Å². The predicted molar refractivity (Wildman–Crippen MR) is 81.1 cm³/mol. The topological polar surface area (TPSA) is 12.0 Å². The normalized spacial score (nSPS) is 24.7. The highest BCUT2D eigenvalue weighted by molar-refractivity contribution is 7.11. The van der Waals surface area contributed by atoms with E-state index in [9.17, 15) is 0 Å². The van der Waals surface area contributed by atoms with Crippen LogP contribution in [0, 0.1) is 11.8 Å². The van der Waals surface area contributed by atoms with Gasteiger partial charge in [-0.15, -0.1) is 11.3 Å². The molecule has 0 amide bonds. The zero-order valence-corrected chi connectivity index (χ0v) is 12.9. The van der Waals surface area contributed by atoms with Gasteiger partial charge in [-0.05, 0) is 43.2 Å². The molecule has 0 spiro atoms. The molecule has 1 nitrogen and oxygen atoms in total. The molecule has 0 bridgehead atoms. The Morgan fingerprint density at radius 2 is 1.94 bits per heavy atom. The molecule has 0 aromatic carbocycles. The minimum atomic E-state index is 0.742. The lowest BCUT2D eigenvalue weighted by Gasteiger charge is -2.35. The van der Waals surface area contributed by atoms with Gasteiger partial charge in [0, 0.05) is 22.3 Å². The van der Waals surface area contributed by atoms with Gasteiger partial charge in [0.2, 0.25) is 0 Å². The van der Waals surface area contributed by atoms with Crippen molar-refractivity contribution in [2.75, 3.05) is 0 Å². The van der Waals surface area contributed by atoms with Crippen molar-refractivity contribution in [1.82, 2.24) is 5.32 Å². The molecule has 18 heavy (non-hydrogen) atoms. The van der Waals surface area contributed by atoms with Crippen molar-refractivity contribution in [2.24, 2.45) is 11.8 Å². The largest absolute Gasteiger partial charge is 0.309 e. The maximum absolute atomic E-state index is 3.82. The van der Waals surface area contributed by atoms with Gasteiger partial charge >= 0.3 is 0 Å². The van der Waals surface area contributed by atoms with Crippen LogP contribution in [0.4, 0.5) is 0 Å². The first-order valence-electron chi connectivity index (χ1n) is 7.51. The fraction of sp³-hybridized carbons (Fsp3) is 0.750. The summed E-state index contributed by atoms with van der Waals surface area (Å²) in [7, 11) is 0. The van der Waals surface area contributed by atoms with Crippen LogP contribution < -0.4 is 5.32 Å². The number of thiophene rings is 1. The molecule has 0 aliphatic heterocycles. The molecule has 0 saturated heterocycles. The summed E-state index contributed by atoms with van der Waals surface area (Å²) in [6.07, 6.45) is 6.79. The number of rotatable bonds is 5. The van der Waals surface area contributed by atoms with Crippen LogP contribution in [0.15, 0.2) is 12.1 Å². The number of nitrogens with one attached hydrogen (secondary N) is 1. The maximum Gasteiger partial charge on any atom is 0.0302 e. The van der Waals surface area contributed by atoms with Crippen LogP contribution >= 0.6 is 11.3 Å². The van der Waals surface area contributed by atoms with E-state index in [1.165, 1.54) is 41.9 Å². The first-order valence-corrected chi connectivity index (χ1v) is 8.33. The van der Waals surface area contributed by atoms with Crippen molar-refractivity contribution in [3.05, 3.63) is 21.9 Å². The molecule has 2 atom stereocenters. The van der Waals surface area contributed by atoms with Crippen molar-refractivity contribution < 1.29 is 0 Å². The molecule has 1 heterocycles. The SMILES string of the molecule is CCc1ccc(CNC2CCCCC2C(C)C)s1. The molecule has 1 saturated carbocycles. The van der Waals surface area contributed by atoms with E-state index in [0.717, 1.165) is 24.4 Å². The zero-order chi connectivity index (χ0) is 13.0. The van der Waals surface area contributed by atoms with E-state index in [1.807, 2.05) is 11.3 Å². The second kappa shape index (κ2) is 6.72. The summed E-state index contributed by atoms with van der Waals surface area (Å²) in [5, 5.41) is 3.82. The lowest BCUT2D eigenvalue weighted by atomic mass is 9.78. The van der Waals surface area contributed by atoms with Gasteiger partial charge in [0.1, 0.15) is 0 Å². The van der Waals surface area contributed by atoms with Gasteiger partial charge in [0.25, 0.3) is 0 Å². The molecule has 0 radical (unpaired) electrons. The van der Waals surface area contributed by atoms with Gasteiger partial charge in [-0.25, -0.2) is 0 Å². The van der Waals surface area contributed by atoms with Crippen LogP contribution in [0.25, 0.3) is 0 Å². The fourth-order valence-electron chi connectivity index (χ4n) is 3.15. The Balaban J connectivity index is 1.87. The van der Waals surface area contributed by atoms with Crippen LogP contribution in [-0.4, -0.2) is 6.04 Å². The highest BCUT2D eigenvalue weighted by Crippen LogP contribution is 2.30. The van der Waals surface area contributed by atoms with Crippen LogP contribution in [0.5, 0.6) is 0 Å². The highest BCUT2D eigenvalue weighted by atomic mass is 32.1. The standard InChI is InChI=1S/C16H27NS/c1-4-13-9-10-14(18-13)11-17-16-8-6-5-7-15(16)12(2)3/h9-10,12,15-17H,4-8,11H2,1-3H3. The van der Waals surface area contributed by atoms with E-state index < -0.39 is 0 Å². The van der Waals surface area contributed by atoms with Gasteiger partial charge in [0.15, 0.2) is 0 Å². The first-order chi connectivity index (χ1) is 8.70. The number of hydrogen-bond donors (Lipinski definition) is 1. The third kappa shape index (κ3) is 3.58. The lowest BCUT2D eigenvalue weighted by molar-refractivity contribution is 0.205. The van der Waals surface area contributed by atoms with Crippen molar-refractivity contribution in [3.63, 3.8) is 0 Å². The Morgan fingerprint density at radius 1 is 1.22 bits per heavy atom. The van der Waals surface area contributed by atoms with E-state index in [2.05, 4.69) is 38.2 Å². The van der Waals surface area contributed by atoms with E-state index in [1.54, 1.807) is 0 Å². The molecule has 1 aliphatic carbocycles.